The maximum Gasteiger partial charge on any atom is 0.123 e. The van der Waals surface area contributed by atoms with Crippen LogP contribution >= 0.6 is 22.9 Å². The van der Waals surface area contributed by atoms with E-state index in [2.05, 4.69) is 15.3 Å². The average Bonchev–Trinajstić information content (AvgIpc) is 3.02. The minimum Gasteiger partial charge on any atom is -0.247 e. The molecule has 90 valence electrons. The maximum atomic E-state index is 5.86. The van der Waals surface area contributed by atoms with Crippen molar-refractivity contribution in [3.63, 3.8) is 0 Å². The summed E-state index contributed by atoms with van der Waals surface area (Å²) in [6.45, 7) is 0.643. The van der Waals surface area contributed by atoms with Gasteiger partial charge in [0.05, 0.1) is 18.4 Å². The predicted molar refractivity (Wildman–Crippen MR) is 71.7 cm³/mol. The predicted octanol–water partition coefficient (Wildman–Crippen LogP) is 3.10. The average molecular weight is 277 g/mol. The first-order valence-corrected chi connectivity index (χ1v) is 6.61. The fraction of sp³-hybridized carbons (Fsp3) is 0.0833. The van der Waals surface area contributed by atoms with Crippen molar-refractivity contribution in [1.29, 1.82) is 0 Å². The lowest BCUT2D eigenvalue weighted by Crippen LogP contribution is -2.00. The summed E-state index contributed by atoms with van der Waals surface area (Å²) in [6.07, 6.45) is 3.48. The SMILES string of the molecule is Clc1ccc(-c2nc(Cn3ccnn3)cs2)cc1. The van der Waals surface area contributed by atoms with Gasteiger partial charge < -0.3 is 0 Å². The van der Waals surface area contributed by atoms with Gasteiger partial charge in [-0.1, -0.05) is 28.9 Å². The second kappa shape index (κ2) is 4.88. The van der Waals surface area contributed by atoms with Crippen molar-refractivity contribution in [2.75, 3.05) is 0 Å². The largest absolute Gasteiger partial charge is 0.247 e. The second-order valence-corrected chi connectivity index (χ2v) is 5.05. The summed E-state index contributed by atoms with van der Waals surface area (Å²) in [5, 5.41) is 11.4. The van der Waals surface area contributed by atoms with E-state index in [9.17, 15) is 0 Å². The number of nitrogens with zero attached hydrogens (tertiary/aromatic N) is 4. The number of hydrogen-bond donors (Lipinski definition) is 0. The van der Waals surface area contributed by atoms with Crippen LogP contribution in [0.4, 0.5) is 0 Å². The lowest BCUT2D eigenvalue weighted by Gasteiger charge is -1.97. The second-order valence-electron chi connectivity index (χ2n) is 3.75. The molecule has 2 aromatic heterocycles. The highest BCUT2D eigenvalue weighted by atomic mass is 35.5. The van der Waals surface area contributed by atoms with Crippen molar-refractivity contribution >= 4 is 22.9 Å². The van der Waals surface area contributed by atoms with Crippen LogP contribution in [0, 0.1) is 0 Å². The molecule has 0 aliphatic carbocycles. The molecule has 3 aromatic rings. The van der Waals surface area contributed by atoms with E-state index in [0.29, 0.717) is 6.54 Å². The van der Waals surface area contributed by atoms with Crippen molar-refractivity contribution in [3.05, 3.63) is 52.8 Å². The molecule has 0 bridgehead atoms. The van der Waals surface area contributed by atoms with Crippen LogP contribution in [0.5, 0.6) is 0 Å². The van der Waals surface area contributed by atoms with Gasteiger partial charge in [-0.3, -0.25) is 0 Å². The Hall–Kier alpha value is -1.72. The summed E-state index contributed by atoms with van der Waals surface area (Å²) < 4.78 is 1.75. The highest BCUT2D eigenvalue weighted by Gasteiger charge is 2.05. The summed E-state index contributed by atoms with van der Waals surface area (Å²) in [5.41, 5.74) is 2.06. The van der Waals surface area contributed by atoms with Gasteiger partial charge in [0.1, 0.15) is 5.01 Å². The van der Waals surface area contributed by atoms with Gasteiger partial charge in [-0.25, -0.2) is 9.67 Å². The minimum absolute atomic E-state index is 0.643. The van der Waals surface area contributed by atoms with E-state index in [-0.39, 0.29) is 0 Å². The van der Waals surface area contributed by atoms with Crippen LogP contribution in [-0.2, 0) is 6.54 Å². The first kappa shape index (κ1) is 11.4. The standard InChI is InChI=1S/C12H9ClN4S/c13-10-3-1-9(2-4-10)12-15-11(8-18-12)7-17-6-5-14-16-17/h1-6,8H,7H2. The van der Waals surface area contributed by atoms with Crippen LogP contribution in [0.2, 0.25) is 5.02 Å². The molecule has 0 saturated carbocycles. The lowest BCUT2D eigenvalue weighted by molar-refractivity contribution is 0.641. The molecule has 0 N–H and O–H groups in total. The number of rotatable bonds is 3. The maximum absolute atomic E-state index is 5.86. The van der Waals surface area contributed by atoms with E-state index in [4.69, 9.17) is 11.6 Å². The Morgan fingerprint density at radius 3 is 2.78 bits per heavy atom. The highest BCUT2D eigenvalue weighted by molar-refractivity contribution is 7.13. The fourth-order valence-electron chi connectivity index (χ4n) is 1.59. The third-order valence-electron chi connectivity index (χ3n) is 2.44. The molecule has 0 unspecified atom stereocenters. The molecule has 1 aromatic carbocycles. The monoisotopic (exact) mass is 276 g/mol. The zero-order chi connectivity index (χ0) is 12.4. The number of benzene rings is 1. The fourth-order valence-corrected chi connectivity index (χ4v) is 2.53. The van der Waals surface area contributed by atoms with Crippen LogP contribution in [0.25, 0.3) is 10.6 Å². The Morgan fingerprint density at radius 2 is 2.06 bits per heavy atom. The van der Waals surface area contributed by atoms with Gasteiger partial charge >= 0.3 is 0 Å². The van der Waals surface area contributed by atoms with Gasteiger partial charge in [0.2, 0.25) is 0 Å². The number of aromatic nitrogens is 4. The Bertz CT molecular complexity index is 630. The number of hydrogen-bond acceptors (Lipinski definition) is 4. The normalized spacial score (nSPS) is 10.7. The van der Waals surface area contributed by atoms with Gasteiger partial charge in [-0.05, 0) is 12.1 Å². The Morgan fingerprint density at radius 1 is 1.22 bits per heavy atom. The molecule has 0 atom stereocenters. The third kappa shape index (κ3) is 2.42. The molecule has 0 amide bonds. The van der Waals surface area contributed by atoms with Gasteiger partial charge in [0.15, 0.2) is 0 Å². The molecule has 2 heterocycles. The third-order valence-corrected chi connectivity index (χ3v) is 3.63. The molecule has 18 heavy (non-hydrogen) atoms. The van der Waals surface area contributed by atoms with Crippen LogP contribution in [0.1, 0.15) is 5.69 Å². The Labute approximate surface area is 113 Å². The van der Waals surface area contributed by atoms with E-state index < -0.39 is 0 Å². The molecule has 0 aliphatic heterocycles. The van der Waals surface area contributed by atoms with Crippen molar-refractivity contribution < 1.29 is 0 Å². The zero-order valence-corrected chi connectivity index (χ0v) is 10.9. The number of halogens is 1. The van der Waals surface area contributed by atoms with Crippen LogP contribution in [0.15, 0.2) is 42.0 Å². The van der Waals surface area contributed by atoms with Crippen LogP contribution in [0.3, 0.4) is 0 Å². The molecule has 4 nitrogen and oxygen atoms in total. The van der Waals surface area contributed by atoms with E-state index in [1.54, 1.807) is 22.2 Å². The summed E-state index contributed by atoms with van der Waals surface area (Å²) >= 11 is 7.48. The zero-order valence-electron chi connectivity index (χ0n) is 9.32. The smallest absolute Gasteiger partial charge is 0.123 e. The minimum atomic E-state index is 0.643. The van der Waals surface area contributed by atoms with Crippen molar-refractivity contribution in [3.8, 4) is 10.6 Å². The molecular weight excluding hydrogens is 268 g/mol. The van der Waals surface area contributed by atoms with E-state index in [1.807, 2.05) is 35.8 Å². The quantitative estimate of drug-likeness (QED) is 0.738. The van der Waals surface area contributed by atoms with E-state index >= 15 is 0 Å². The molecular formula is C12H9ClN4S. The summed E-state index contributed by atoms with van der Waals surface area (Å²) in [6, 6.07) is 7.69. The number of thiazole rings is 1. The molecule has 0 spiro atoms. The first-order chi connectivity index (χ1) is 8.81. The van der Waals surface area contributed by atoms with Crippen LogP contribution in [-0.4, -0.2) is 20.0 Å². The van der Waals surface area contributed by atoms with Crippen molar-refractivity contribution in [1.82, 2.24) is 20.0 Å². The van der Waals surface area contributed by atoms with Gasteiger partial charge in [0.25, 0.3) is 0 Å². The molecule has 0 fully saturated rings. The molecule has 0 radical (unpaired) electrons. The molecule has 3 rings (SSSR count). The van der Waals surface area contributed by atoms with Crippen LogP contribution < -0.4 is 0 Å². The topological polar surface area (TPSA) is 43.6 Å². The van der Waals surface area contributed by atoms with E-state index in [1.165, 1.54) is 0 Å². The summed E-state index contributed by atoms with van der Waals surface area (Å²) in [5.74, 6) is 0. The molecule has 6 heteroatoms. The van der Waals surface area contributed by atoms with E-state index in [0.717, 1.165) is 21.3 Å². The Balaban J connectivity index is 1.83. The molecule has 0 saturated heterocycles. The first-order valence-electron chi connectivity index (χ1n) is 5.36. The summed E-state index contributed by atoms with van der Waals surface area (Å²) in [7, 11) is 0. The van der Waals surface area contributed by atoms with Gasteiger partial charge in [0, 0.05) is 22.2 Å². The molecule has 0 aliphatic rings. The van der Waals surface area contributed by atoms with Crippen molar-refractivity contribution in [2.24, 2.45) is 0 Å². The summed E-state index contributed by atoms with van der Waals surface area (Å²) in [4.78, 5) is 4.57. The lowest BCUT2D eigenvalue weighted by atomic mass is 10.2. The Kier molecular flexibility index (Phi) is 3.08. The van der Waals surface area contributed by atoms with Gasteiger partial charge in [-0.2, -0.15) is 0 Å². The highest BCUT2D eigenvalue weighted by Crippen LogP contribution is 2.25. The van der Waals surface area contributed by atoms with Crippen molar-refractivity contribution in [2.45, 2.75) is 6.54 Å². The van der Waals surface area contributed by atoms with Gasteiger partial charge in [-0.15, -0.1) is 16.4 Å².